The standard InChI is InChI=1S/C15H22F3N3O2S/c1-3-24(2)8-7-20-10-13(19)14(22)21-11-5-4-6-12(9-11)23-15(16,17)18/h3-6,9,13,20H,7-8,10,19H2,1-2H3,(H,21,22)/t13-,24?/m1/s1. The van der Waals surface area contributed by atoms with Gasteiger partial charge >= 0.3 is 6.36 Å². The Labute approximate surface area is 141 Å². The van der Waals surface area contributed by atoms with Crippen molar-refractivity contribution in [3.8, 4) is 5.75 Å². The molecule has 1 rings (SSSR count). The summed E-state index contributed by atoms with van der Waals surface area (Å²) in [6.45, 7) is 3.02. The van der Waals surface area contributed by atoms with Crippen LogP contribution in [0.1, 0.15) is 6.92 Å². The van der Waals surface area contributed by atoms with E-state index in [0.717, 1.165) is 24.4 Å². The highest BCUT2D eigenvalue weighted by Crippen LogP contribution is 2.25. The van der Waals surface area contributed by atoms with Crippen molar-refractivity contribution in [2.75, 3.05) is 30.4 Å². The van der Waals surface area contributed by atoms with E-state index in [4.69, 9.17) is 5.73 Å². The van der Waals surface area contributed by atoms with Gasteiger partial charge in [0.1, 0.15) is 5.75 Å². The molecule has 136 valence electrons. The highest BCUT2D eigenvalue weighted by atomic mass is 32.2. The van der Waals surface area contributed by atoms with Crippen molar-refractivity contribution >= 4 is 27.4 Å². The summed E-state index contributed by atoms with van der Waals surface area (Å²) < 4.78 is 40.3. The van der Waals surface area contributed by atoms with E-state index in [1.54, 1.807) is 0 Å². The molecule has 4 N–H and O–H groups in total. The van der Waals surface area contributed by atoms with Gasteiger partial charge < -0.3 is 21.1 Å². The fourth-order valence-corrected chi connectivity index (χ4v) is 2.41. The highest BCUT2D eigenvalue weighted by Gasteiger charge is 2.31. The first-order chi connectivity index (χ1) is 11.2. The molecule has 1 aromatic carbocycles. The Kier molecular flexibility index (Phi) is 8.23. The number of halogens is 3. The number of rotatable bonds is 8. The van der Waals surface area contributed by atoms with E-state index in [2.05, 4.69) is 27.0 Å². The lowest BCUT2D eigenvalue weighted by Crippen LogP contribution is -2.44. The molecule has 0 aromatic heterocycles. The molecule has 0 spiro atoms. The first-order valence-electron chi connectivity index (χ1n) is 7.25. The van der Waals surface area contributed by atoms with Crippen molar-refractivity contribution in [3.05, 3.63) is 24.3 Å². The minimum absolute atomic E-state index is 0.188. The topological polar surface area (TPSA) is 76.4 Å². The van der Waals surface area contributed by atoms with Gasteiger partial charge in [0, 0.05) is 30.6 Å². The summed E-state index contributed by atoms with van der Waals surface area (Å²) in [5, 5.41) is 7.68. The number of amides is 1. The van der Waals surface area contributed by atoms with Gasteiger partial charge in [-0.25, -0.2) is 0 Å². The average molecular weight is 365 g/mol. The molecule has 0 radical (unpaired) electrons. The second kappa shape index (κ2) is 9.65. The number of carbonyl (C=O) groups is 1. The number of ether oxygens (including phenoxy) is 1. The number of carbonyl (C=O) groups excluding carboxylic acids is 1. The summed E-state index contributed by atoms with van der Waals surface area (Å²) >= 11 is 0. The Bertz CT molecular complexity index is 579. The molecular weight excluding hydrogens is 343 g/mol. The maximum absolute atomic E-state index is 12.2. The molecule has 1 amide bonds. The van der Waals surface area contributed by atoms with E-state index >= 15 is 0 Å². The van der Waals surface area contributed by atoms with Crippen LogP contribution in [0.5, 0.6) is 5.75 Å². The molecule has 0 saturated heterocycles. The monoisotopic (exact) mass is 365 g/mol. The quantitative estimate of drug-likeness (QED) is 0.487. The van der Waals surface area contributed by atoms with Crippen LogP contribution in [0.3, 0.4) is 0 Å². The molecule has 1 aromatic rings. The Morgan fingerprint density at radius 3 is 2.79 bits per heavy atom. The third-order valence-corrected chi connectivity index (χ3v) is 4.69. The van der Waals surface area contributed by atoms with Crippen molar-refractivity contribution in [2.45, 2.75) is 19.3 Å². The van der Waals surface area contributed by atoms with Crippen molar-refractivity contribution in [1.29, 1.82) is 0 Å². The molecule has 0 aliphatic carbocycles. The van der Waals surface area contributed by atoms with Gasteiger partial charge in [0.15, 0.2) is 0 Å². The number of hydrogen-bond donors (Lipinski definition) is 3. The minimum atomic E-state index is -4.78. The molecule has 2 atom stereocenters. The minimum Gasteiger partial charge on any atom is -0.406 e. The summed E-state index contributed by atoms with van der Waals surface area (Å²) in [6.07, 6.45) is -2.67. The summed E-state index contributed by atoms with van der Waals surface area (Å²) in [5.74, 6) is 0.0729. The molecule has 0 saturated carbocycles. The molecular formula is C15H22F3N3O2S. The first kappa shape index (κ1) is 20.5. The Morgan fingerprint density at radius 1 is 1.46 bits per heavy atom. The van der Waals surface area contributed by atoms with Crippen LogP contribution in [0.15, 0.2) is 24.3 Å². The average Bonchev–Trinajstić information content (AvgIpc) is 2.49. The fraction of sp³-hybridized carbons (Fsp3) is 0.467. The molecule has 0 aliphatic heterocycles. The van der Waals surface area contributed by atoms with E-state index in [9.17, 15) is 18.0 Å². The normalized spacial score (nSPS) is 14.2. The second-order valence-corrected chi connectivity index (χ2v) is 7.27. The van der Waals surface area contributed by atoms with Crippen LogP contribution in [0.25, 0.3) is 0 Å². The number of hydrogen-bond acceptors (Lipinski definition) is 4. The number of anilines is 1. The lowest BCUT2D eigenvalue weighted by Gasteiger charge is -2.14. The third-order valence-electron chi connectivity index (χ3n) is 3.04. The van der Waals surface area contributed by atoms with Crippen LogP contribution in [0.2, 0.25) is 0 Å². The van der Waals surface area contributed by atoms with Crippen molar-refractivity contribution in [3.63, 3.8) is 0 Å². The number of nitrogens with one attached hydrogen (secondary N) is 2. The second-order valence-electron chi connectivity index (χ2n) is 5.01. The molecule has 0 fully saturated rings. The van der Waals surface area contributed by atoms with Crippen molar-refractivity contribution in [1.82, 2.24) is 5.32 Å². The summed E-state index contributed by atoms with van der Waals surface area (Å²) in [6, 6.07) is 4.25. The van der Waals surface area contributed by atoms with Crippen LogP contribution in [-0.2, 0) is 4.79 Å². The highest BCUT2D eigenvalue weighted by molar-refractivity contribution is 8.14. The van der Waals surface area contributed by atoms with E-state index in [0.29, 0.717) is 0 Å². The summed E-state index contributed by atoms with van der Waals surface area (Å²) in [7, 11) is 0.220. The van der Waals surface area contributed by atoms with E-state index in [1.165, 1.54) is 12.1 Å². The fourth-order valence-electron chi connectivity index (χ4n) is 1.71. The van der Waals surface area contributed by atoms with Crippen molar-refractivity contribution < 1.29 is 22.7 Å². The van der Waals surface area contributed by atoms with Gasteiger partial charge in [-0.15, -0.1) is 13.2 Å². The van der Waals surface area contributed by atoms with E-state index < -0.39 is 24.1 Å². The van der Waals surface area contributed by atoms with Gasteiger partial charge in [-0.05, 0) is 25.3 Å². The third kappa shape index (κ3) is 8.32. The van der Waals surface area contributed by atoms with Crippen LogP contribution >= 0.6 is 10.5 Å². The van der Waals surface area contributed by atoms with Crippen LogP contribution in [0.4, 0.5) is 18.9 Å². The van der Waals surface area contributed by atoms with Crippen molar-refractivity contribution in [2.24, 2.45) is 5.73 Å². The number of alkyl halides is 3. The molecule has 0 heterocycles. The van der Waals surface area contributed by atoms with Crippen LogP contribution in [0, 0.1) is 0 Å². The molecule has 0 aliphatic rings. The Morgan fingerprint density at radius 2 is 2.17 bits per heavy atom. The zero-order valence-electron chi connectivity index (χ0n) is 13.5. The summed E-state index contributed by atoms with van der Waals surface area (Å²) in [4.78, 5) is 11.9. The van der Waals surface area contributed by atoms with Crippen LogP contribution < -0.4 is 21.1 Å². The predicted octanol–water partition coefficient (Wildman–Crippen LogP) is 2.16. The maximum Gasteiger partial charge on any atom is 0.573 e. The van der Waals surface area contributed by atoms with Gasteiger partial charge in [0.2, 0.25) is 5.91 Å². The smallest absolute Gasteiger partial charge is 0.406 e. The van der Waals surface area contributed by atoms with Gasteiger partial charge in [-0.2, -0.15) is 10.5 Å². The van der Waals surface area contributed by atoms with Gasteiger partial charge in [-0.1, -0.05) is 11.4 Å². The molecule has 24 heavy (non-hydrogen) atoms. The first-order valence-corrected chi connectivity index (χ1v) is 9.11. The zero-order chi connectivity index (χ0) is 18.2. The van der Waals surface area contributed by atoms with Gasteiger partial charge in [0.25, 0.3) is 0 Å². The Hall–Kier alpha value is -1.58. The van der Waals surface area contributed by atoms with E-state index in [-0.39, 0.29) is 22.7 Å². The lowest BCUT2D eigenvalue weighted by atomic mass is 10.2. The molecule has 0 bridgehead atoms. The summed E-state index contributed by atoms with van der Waals surface area (Å²) in [5.41, 5.74) is 5.95. The molecule has 1 unspecified atom stereocenters. The van der Waals surface area contributed by atoms with E-state index in [1.807, 2.05) is 6.92 Å². The molecule has 9 heteroatoms. The SMILES string of the molecule is C/C=S(/C)CCNC[C@@H](N)C(=O)Nc1cccc(OC(F)(F)F)c1. The van der Waals surface area contributed by atoms with Crippen LogP contribution in [-0.4, -0.2) is 48.8 Å². The molecule has 5 nitrogen and oxygen atoms in total. The Balaban J connectivity index is 2.47. The lowest BCUT2D eigenvalue weighted by molar-refractivity contribution is -0.274. The number of nitrogens with two attached hydrogens (primary N) is 1. The van der Waals surface area contributed by atoms with Gasteiger partial charge in [0.05, 0.1) is 6.04 Å². The van der Waals surface area contributed by atoms with Gasteiger partial charge in [-0.3, -0.25) is 4.79 Å². The maximum atomic E-state index is 12.2. The zero-order valence-corrected chi connectivity index (χ0v) is 14.3. The predicted molar refractivity (Wildman–Crippen MR) is 92.7 cm³/mol. The largest absolute Gasteiger partial charge is 0.573 e. The number of benzene rings is 1.